The van der Waals surface area contributed by atoms with Crippen molar-refractivity contribution in [2.24, 2.45) is 0 Å². The summed E-state index contributed by atoms with van der Waals surface area (Å²) in [6, 6.07) is 18.8. The van der Waals surface area contributed by atoms with E-state index in [1.165, 1.54) is 6.42 Å². The van der Waals surface area contributed by atoms with Gasteiger partial charge in [-0.3, -0.25) is 0 Å². The van der Waals surface area contributed by atoms with Crippen LogP contribution in [0.1, 0.15) is 35.5 Å². The van der Waals surface area contributed by atoms with Gasteiger partial charge in [0, 0.05) is 6.04 Å². The molecule has 0 saturated carbocycles. The van der Waals surface area contributed by atoms with Gasteiger partial charge in [-0.25, -0.2) is 4.98 Å². The van der Waals surface area contributed by atoms with E-state index in [0.29, 0.717) is 6.04 Å². The number of hydrogen-bond donors (Lipinski definition) is 2. The fourth-order valence-corrected chi connectivity index (χ4v) is 3.97. The number of imidazole rings is 1. The number of H-pyrrole nitrogens is 1. The van der Waals surface area contributed by atoms with E-state index in [-0.39, 0.29) is 11.3 Å². The highest BCUT2D eigenvalue weighted by Crippen LogP contribution is 2.40. The first-order chi connectivity index (χ1) is 11.3. The van der Waals surface area contributed by atoms with Crippen LogP contribution in [0.3, 0.4) is 0 Å². The van der Waals surface area contributed by atoms with Gasteiger partial charge in [-0.05, 0) is 37.1 Å². The molecule has 4 rings (SSSR count). The number of nitrogens with zero attached hydrogens (tertiary/aromatic N) is 1. The number of aromatic nitrogens is 2. The van der Waals surface area contributed by atoms with Crippen molar-refractivity contribution in [3.05, 3.63) is 66.0 Å². The minimum atomic E-state index is -0.104. The summed E-state index contributed by atoms with van der Waals surface area (Å²) in [5, 5.41) is 3.50. The topological polar surface area (TPSA) is 40.7 Å². The van der Waals surface area contributed by atoms with E-state index in [9.17, 15) is 0 Å². The molecular formula is C19H20ClN3. The number of hydrogen-bond acceptors (Lipinski definition) is 2. The SMILES string of the molecule is ClC(c1ccccc1)C(c1nc2ccccc2[nH]1)C1CCCN1. The summed E-state index contributed by atoms with van der Waals surface area (Å²) in [5.74, 6) is 1.11. The summed E-state index contributed by atoms with van der Waals surface area (Å²) in [7, 11) is 0. The van der Waals surface area contributed by atoms with Crippen molar-refractivity contribution in [1.29, 1.82) is 0 Å². The maximum absolute atomic E-state index is 6.91. The first kappa shape index (κ1) is 14.7. The quantitative estimate of drug-likeness (QED) is 0.699. The molecule has 0 radical (unpaired) electrons. The van der Waals surface area contributed by atoms with Crippen LogP contribution in [0.4, 0.5) is 0 Å². The van der Waals surface area contributed by atoms with Crippen LogP contribution in [0, 0.1) is 0 Å². The molecule has 23 heavy (non-hydrogen) atoms. The lowest BCUT2D eigenvalue weighted by molar-refractivity contribution is 0.460. The molecular weight excluding hydrogens is 306 g/mol. The zero-order valence-corrected chi connectivity index (χ0v) is 13.6. The Morgan fingerprint density at radius 2 is 1.83 bits per heavy atom. The van der Waals surface area contributed by atoms with Crippen molar-refractivity contribution in [1.82, 2.24) is 15.3 Å². The molecule has 3 unspecified atom stereocenters. The molecule has 4 heteroatoms. The van der Waals surface area contributed by atoms with Crippen LogP contribution < -0.4 is 5.32 Å². The lowest BCUT2D eigenvalue weighted by Crippen LogP contribution is -2.32. The Kier molecular flexibility index (Phi) is 4.06. The number of rotatable bonds is 4. The fraction of sp³-hybridized carbons (Fsp3) is 0.316. The number of fused-ring (bicyclic) bond motifs is 1. The van der Waals surface area contributed by atoms with Crippen LogP contribution in [-0.2, 0) is 0 Å². The van der Waals surface area contributed by atoms with Crippen molar-refractivity contribution in [3.8, 4) is 0 Å². The normalized spacial score (nSPS) is 20.7. The van der Waals surface area contributed by atoms with E-state index in [2.05, 4.69) is 28.5 Å². The molecule has 0 aliphatic carbocycles. The summed E-state index contributed by atoms with van der Waals surface area (Å²) in [5.41, 5.74) is 3.22. The predicted octanol–water partition coefficient (Wildman–Crippen LogP) is 4.38. The number of para-hydroxylation sites is 2. The van der Waals surface area contributed by atoms with Crippen LogP contribution in [0.15, 0.2) is 54.6 Å². The Balaban J connectivity index is 1.75. The maximum Gasteiger partial charge on any atom is 0.113 e. The third-order valence-corrected chi connectivity index (χ3v) is 5.21. The number of alkyl halides is 1. The minimum Gasteiger partial charge on any atom is -0.342 e. The zero-order chi connectivity index (χ0) is 15.6. The van der Waals surface area contributed by atoms with E-state index in [1.54, 1.807) is 0 Å². The van der Waals surface area contributed by atoms with Gasteiger partial charge >= 0.3 is 0 Å². The monoisotopic (exact) mass is 325 g/mol. The van der Waals surface area contributed by atoms with Gasteiger partial charge in [-0.15, -0.1) is 11.6 Å². The highest BCUT2D eigenvalue weighted by atomic mass is 35.5. The van der Waals surface area contributed by atoms with Crippen LogP contribution in [0.25, 0.3) is 11.0 Å². The molecule has 1 aliphatic heterocycles. The number of aromatic amines is 1. The molecule has 2 N–H and O–H groups in total. The Labute approximate surface area is 141 Å². The highest BCUT2D eigenvalue weighted by Gasteiger charge is 2.34. The predicted molar refractivity (Wildman–Crippen MR) is 94.9 cm³/mol. The van der Waals surface area contributed by atoms with E-state index in [1.807, 2.05) is 36.4 Å². The molecule has 3 aromatic rings. The molecule has 3 atom stereocenters. The maximum atomic E-state index is 6.91. The van der Waals surface area contributed by atoms with Crippen molar-refractivity contribution < 1.29 is 0 Å². The summed E-state index contributed by atoms with van der Waals surface area (Å²) in [6.07, 6.45) is 2.33. The molecule has 118 valence electrons. The van der Waals surface area contributed by atoms with Gasteiger partial charge in [0.1, 0.15) is 5.82 Å². The van der Waals surface area contributed by atoms with Crippen LogP contribution >= 0.6 is 11.6 Å². The lowest BCUT2D eigenvalue weighted by atomic mass is 9.90. The molecule has 1 aliphatic rings. The molecule has 1 aromatic heterocycles. The molecule has 1 saturated heterocycles. The number of benzene rings is 2. The first-order valence-electron chi connectivity index (χ1n) is 8.20. The Morgan fingerprint density at radius 1 is 1.04 bits per heavy atom. The smallest absolute Gasteiger partial charge is 0.113 e. The standard InChI is InChI=1S/C19H20ClN3/c20-18(13-7-2-1-3-8-13)17(16-11-6-12-21-16)19-22-14-9-4-5-10-15(14)23-19/h1-5,7-10,16-18,21H,6,11-12H2,(H,22,23). The van der Waals surface area contributed by atoms with Gasteiger partial charge in [0.2, 0.25) is 0 Å². The van der Waals surface area contributed by atoms with Gasteiger partial charge in [0.15, 0.2) is 0 Å². The van der Waals surface area contributed by atoms with Crippen molar-refractivity contribution >= 4 is 22.6 Å². The average molecular weight is 326 g/mol. The van der Waals surface area contributed by atoms with Crippen molar-refractivity contribution in [3.63, 3.8) is 0 Å². The van der Waals surface area contributed by atoms with Crippen molar-refractivity contribution in [2.45, 2.75) is 30.2 Å². The second-order valence-electron chi connectivity index (χ2n) is 6.18. The Morgan fingerprint density at radius 3 is 2.57 bits per heavy atom. The molecule has 2 aromatic carbocycles. The lowest BCUT2D eigenvalue weighted by Gasteiger charge is -2.26. The van der Waals surface area contributed by atoms with E-state index in [0.717, 1.165) is 35.4 Å². The van der Waals surface area contributed by atoms with Gasteiger partial charge in [-0.1, -0.05) is 42.5 Å². The zero-order valence-electron chi connectivity index (χ0n) is 12.9. The van der Waals surface area contributed by atoms with Crippen molar-refractivity contribution in [2.75, 3.05) is 6.54 Å². The highest BCUT2D eigenvalue weighted by molar-refractivity contribution is 6.21. The minimum absolute atomic E-state index is 0.104. The van der Waals surface area contributed by atoms with Gasteiger partial charge in [-0.2, -0.15) is 0 Å². The molecule has 0 amide bonds. The molecule has 1 fully saturated rings. The van der Waals surface area contributed by atoms with E-state index < -0.39 is 0 Å². The van der Waals surface area contributed by atoms with E-state index in [4.69, 9.17) is 16.6 Å². The van der Waals surface area contributed by atoms with Gasteiger partial charge in [0.25, 0.3) is 0 Å². The summed E-state index contributed by atoms with van der Waals surface area (Å²) in [6.45, 7) is 1.06. The number of halogens is 1. The first-order valence-corrected chi connectivity index (χ1v) is 8.63. The third-order valence-electron chi connectivity index (χ3n) is 4.69. The summed E-state index contributed by atoms with van der Waals surface area (Å²) in [4.78, 5) is 8.31. The Bertz CT molecular complexity index is 744. The second-order valence-corrected chi connectivity index (χ2v) is 6.65. The molecule has 0 spiro atoms. The fourth-order valence-electron chi connectivity index (χ4n) is 3.53. The summed E-state index contributed by atoms with van der Waals surface area (Å²) >= 11 is 6.91. The largest absolute Gasteiger partial charge is 0.342 e. The third kappa shape index (κ3) is 2.87. The van der Waals surface area contributed by atoms with Crippen LogP contribution in [-0.4, -0.2) is 22.6 Å². The van der Waals surface area contributed by atoms with Crippen LogP contribution in [0.2, 0.25) is 0 Å². The molecule has 3 nitrogen and oxygen atoms in total. The molecule has 2 heterocycles. The second kappa shape index (κ2) is 6.34. The Hall–Kier alpha value is -1.84. The van der Waals surface area contributed by atoms with Crippen LogP contribution in [0.5, 0.6) is 0 Å². The van der Waals surface area contributed by atoms with E-state index >= 15 is 0 Å². The number of nitrogens with one attached hydrogen (secondary N) is 2. The van der Waals surface area contributed by atoms with Gasteiger partial charge < -0.3 is 10.3 Å². The molecule has 0 bridgehead atoms. The van der Waals surface area contributed by atoms with Gasteiger partial charge in [0.05, 0.1) is 22.3 Å². The summed E-state index contributed by atoms with van der Waals surface area (Å²) < 4.78 is 0. The average Bonchev–Trinajstić information content (AvgIpc) is 3.25.